The largest absolute Gasteiger partial charge is 0.481 e. The highest BCUT2D eigenvalue weighted by molar-refractivity contribution is 5.39. The molecule has 0 aromatic heterocycles. The Labute approximate surface area is 125 Å². The molecule has 2 N–H and O–H groups in total. The maximum Gasteiger partial charge on any atom is 0.149 e. The Bertz CT molecular complexity index is 667. The van der Waals surface area contributed by atoms with Crippen LogP contribution in [-0.2, 0) is 6.42 Å². The molecule has 0 heterocycles. The maximum atomic E-state index is 6.16. The number of rotatable bonds is 2. The van der Waals surface area contributed by atoms with Crippen LogP contribution in [0, 0.1) is 11.8 Å². The highest BCUT2D eigenvalue weighted by atomic mass is 16.5. The van der Waals surface area contributed by atoms with E-state index in [0.29, 0.717) is 6.61 Å². The first kappa shape index (κ1) is 13.7. The number of ether oxygens (including phenoxy) is 1. The predicted octanol–water partition coefficient (Wildman–Crippen LogP) is 3.45. The van der Waals surface area contributed by atoms with Gasteiger partial charge < -0.3 is 10.5 Å². The standard InChI is InChI=1S/C19H19NO/c20-19-10-4-9-16-11-12-17(14-18(16)19)21-13-5-8-15-6-2-1-3-7-15/h1-3,6-7,11-12,14,19H,4,9-10,13,20H2/t19-/m0/s1. The van der Waals surface area contributed by atoms with Crippen molar-refractivity contribution in [3.63, 3.8) is 0 Å². The molecule has 2 heteroatoms. The number of fused-ring (bicyclic) bond motifs is 1. The van der Waals surface area contributed by atoms with Crippen molar-refractivity contribution in [1.29, 1.82) is 0 Å². The fourth-order valence-corrected chi connectivity index (χ4v) is 2.68. The second kappa shape index (κ2) is 6.47. The molecule has 1 aliphatic carbocycles. The van der Waals surface area contributed by atoms with Crippen LogP contribution >= 0.6 is 0 Å². The van der Waals surface area contributed by atoms with E-state index in [1.165, 1.54) is 17.5 Å². The molecule has 0 saturated carbocycles. The van der Waals surface area contributed by atoms with E-state index >= 15 is 0 Å². The molecule has 1 atom stereocenters. The third-order valence-corrected chi connectivity index (χ3v) is 3.80. The van der Waals surface area contributed by atoms with E-state index < -0.39 is 0 Å². The smallest absolute Gasteiger partial charge is 0.149 e. The lowest BCUT2D eigenvalue weighted by Crippen LogP contribution is -2.17. The zero-order valence-corrected chi connectivity index (χ0v) is 12.0. The summed E-state index contributed by atoms with van der Waals surface area (Å²) in [6.45, 7) is 0.392. The topological polar surface area (TPSA) is 35.2 Å². The first-order valence-electron chi connectivity index (χ1n) is 7.38. The lowest BCUT2D eigenvalue weighted by atomic mass is 9.88. The quantitative estimate of drug-likeness (QED) is 0.853. The summed E-state index contributed by atoms with van der Waals surface area (Å²) in [4.78, 5) is 0. The number of aryl methyl sites for hydroxylation is 1. The first-order chi connectivity index (χ1) is 10.3. The van der Waals surface area contributed by atoms with E-state index in [4.69, 9.17) is 10.5 Å². The summed E-state index contributed by atoms with van der Waals surface area (Å²) in [5, 5.41) is 0. The van der Waals surface area contributed by atoms with E-state index in [9.17, 15) is 0 Å². The molecule has 0 spiro atoms. The van der Waals surface area contributed by atoms with Crippen LogP contribution in [0.25, 0.3) is 0 Å². The van der Waals surface area contributed by atoms with Crippen molar-refractivity contribution in [3.05, 3.63) is 65.2 Å². The van der Waals surface area contributed by atoms with Crippen molar-refractivity contribution in [2.24, 2.45) is 5.73 Å². The van der Waals surface area contributed by atoms with Crippen LogP contribution in [-0.4, -0.2) is 6.61 Å². The van der Waals surface area contributed by atoms with Gasteiger partial charge in [-0.15, -0.1) is 0 Å². The molecule has 3 rings (SSSR count). The summed E-state index contributed by atoms with van der Waals surface area (Å²) in [6, 6.07) is 16.3. The van der Waals surface area contributed by atoms with Crippen molar-refractivity contribution in [1.82, 2.24) is 0 Å². The van der Waals surface area contributed by atoms with Gasteiger partial charge in [-0.3, -0.25) is 0 Å². The molecule has 2 aromatic carbocycles. The molecular weight excluding hydrogens is 258 g/mol. The van der Waals surface area contributed by atoms with Crippen LogP contribution < -0.4 is 10.5 Å². The molecule has 0 amide bonds. The van der Waals surface area contributed by atoms with Gasteiger partial charge in [0.05, 0.1) is 0 Å². The first-order valence-corrected chi connectivity index (χ1v) is 7.38. The Morgan fingerprint density at radius 3 is 2.86 bits per heavy atom. The second-order valence-electron chi connectivity index (χ2n) is 5.32. The van der Waals surface area contributed by atoms with E-state index in [-0.39, 0.29) is 6.04 Å². The zero-order chi connectivity index (χ0) is 14.5. The van der Waals surface area contributed by atoms with Crippen LogP contribution in [0.1, 0.15) is 35.6 Å². The second-order valence-corrected chi connectivity index (χ2v) is 5.32. The monoisotopic (exact) mass is 277 g/mol. The number of benzene rings is 2. The van der Waals surface area contributed by atoms with Gasteiger partial charge in [0.2, 0.25) is 0 Å². The summed E-state index contributed by atoms with van der Waals surface area (Å²) < 4.78 is 5.71. The number of hydrogen-bond acceptors (Lipinski definition) is 2. The lowest BCUT2D eigenvalue weighted by Gasteiger charge is -2.22. The molecule has 106 valence electrons. The average Bonchev–Trinajstić information content (AvgIpc) is 2.53. The minimum Gasteiger partial charge on any atom is -0.481 e. The van der Waals surface area contributed by atoms with Crippen LogP contribution in [0.5, 0.6) is 5.75 Å². The SMILES string of the molecule is N[C@H]1CCCc2ccc(OCC#Cc3ccccc3)cc21. The van der Waals surface area contributed by atoms with Crippen molar-refractivity contribution >= 4 is 0 Å². The van der Waals surface area contributed by atoms with Gasteiger partial charge in [-0.2, -0.15) is 0 Å². The summed E-state index contributed by atoms with van der Waals surface area (Å²) in [5.41, 5.74) is 9.76. The lowest BCUT2D eigenvalue weighted by molar-refractivity contribution is 0.368. The predicted molar refractivity (Wildman–Crippen MR) is 85.1 cm³/mol. The Hall–Kier alpha value is -2.24. The molecule has 0 saturated heterocycles. The van der Waals surface area contributed by atoms with E-state index in [2.05, 4.69) is 24.0 Å². The van der Waals surface area contributed by atoms with Gasteiger partial charge in [-0.25, -0.2) is 0 Å². The van der Waals surface area contributed by atoms with E-state index in [0.717, 1.165) is 24.2 Å². The fourth-order valence-electron chi connectivity index (χ4n) is 2.68. The molecule has 0 aliphatic heterocycles. The van der Waals surface area contributed by atoms with E-state index in [1.807, 2.05) is 36.4 Å². The summed E-state index contributed by atoms with van der Waals surface area (Å²) in [6.07, 6.45) is 3.36. The Kier molecular flexibility index (Phi) is 4.23. The molecule has 0 fully saturated rings. The molecule has 1 aliphatic rings. The zero-order valence-electron chi connectivity index (χ0n) is 12.0. The fraction of sp³-hybridized carbons (Fsp3) is 0.263. The molecule has 21 heavy (non-hydrogen) atoms. The average molecular weight is 277 g/mol. The van der Waals surface area contributed by atoms with Crippen molar-refractivity contribution in [2.45, 2.75) is 25.3 Å². The van der Waals surface area contributed by atoms with Crippen molar-refractivity contribution < 1.29 is 4.74 Å². The highest BCUT2D eigenvalue weighted by Gasteiger charge is 2.16. The van der Waals surface area contributed by atoms with E-state index in [1.54, 1.807) is 0 Å². The molecule has 0 radical (unpaired) electrons. The van der Waals surface area contributed by atoms with Gasteiger partial charge >= 0.3 is 0 Å². The van der Waals surface area contributed by atoms with Gasteiger partial charge in [0.1, 0.15) is 12.4 Å². The van der Waals surface area contributed by atoms with Crippen LogP contribution in [0.2, 0.25) is 0 Å². The maximum absolute atomic E-state index is 6.16. The van der Waals surface area contributed by atoms with Crippen LogP contribution in [0.4, 0.5) is 0 Å². The summed E-state index contributed by atoms with van der Waals surface area (Å²) >= 11 is 0. The minimum absolute atomic E-state index is 0.146. The molecule has 2 aromatic rings. The summed E-state index contributed by atoms with van der Waals surface area (Å²) in [5.74, 6) is 6.98. The third kappa shape index (κ3) is 3.45. The van der Waals surface area contributed by atoms with Gasteiger partial charge in [-0.1, -0.05) is 36.1 Å². The Morgan fingerprint density at radius 1 is 1.14 bits per heavy atom. The van der Waals surface area contributed by atoms with Gasteiger partial charge in [-0.05, 0) is 54.7 Å². The summed E-state index contributed by atoms with van der Waals surface area (Å²) in [7, 11) is 0. The van der Waals surface area contributed by atoms with Crippen LogP contribution in [0.15, 0.2) is 48.5 Å². The van der Waals surface area contributed by atoms with Gasteiger partial charge in [0.15, 0.2) is 0 Å². The highest BCUT2D eigenvalue weighted by Crippen LogP contribution is 2.30. The minimum atomic E-state index is 0.146. The molecule has 2 nitrogen and oxygen atoms in total. The van der Waals surface area contributed by atoms with Crippen LogP contribution in [0.3, 0.4) is 0 Å². The third-order valence-electron chi connectivity index (χ3n) is 3.80. The Morgan fingerprint density at radius 2 is 2.00 bits per heavy atom. The number of hydrogen-bond donors (Lipinski definition) is 1. The van der Waals surface area contributed by atoms with Gasteiger partial charge in [0.25, 0.3) is 0 Å². The molecule has 0 bridgehead atoms. The molecular formula is C19H19NO. The number of nitrogens with two attached hydrogens (primary N) is 1. The van der Waals surface area contributed by atoms with Crippen molar-refractivity contribution in [3.8, 4) is 17.6 Å². The normalized spacial score (nSPS) is 16.5. The Balaban J connectivity index is 1.64. The van der Waals surface area contributed by atoms with Crippen molar-refractivity contribution in [2.75, 3.05) is 6.61 Å². The van der Waals surface area contributed by atoms with Gasteiger partial charge in [0, 0.05) is 11.6 Å². The molecule has 0 unspecified atom stereocenters.